The van der Waals surface area contributed by atoms with E-state index in [2.05, 4.69) is 38.2 Å². The van der Waals surface area contributed by atoms with Crippen LogP contribution in [-0.2, 0) is 6.42 Å². The Kier molecular flexibility index (Phi) is 8.72. The van der Waals surface area contributed by atoms with Crippen LogP contribution < -0.4 is 5.32 Å². The van der Waals surface area contributed by atoms with E-state index in [0.717, 1.165) is 29.5 Å². The summed E-state index contributed by atoms with van der Waals surface area (Å²) in [7, 11) is 0. The Hall–Kier alpha value is -0.730. The molecule has 0 radical (unpaired) electrons. The summed E-state index contributed by atoms with van der Waals surface area (Å²) >= 11 is 5.14. The zero-order chi connectivity index (χ0) is 14.8. The SMILES string of the molecule is CC(C)C1CCCNC1.CCC(=S)Cc1ccccc1. The minimum Gasteiger partial charge on any atom is -0.316 e. The smallest absolute Gasteiger partial charge is 0.00381 e. The van der Waals surface area contributed by atoms with Gasteiger partial charge in [0.15, 0.2) is 0 Å². The standard InChI is InChI=1S/C10H12S.C8H17N/c1-2-10(11)8-9-6-4-3-5-7-9;1-7(2)8-4-3-5-9-6-8/h3-7H,2,8H2,1H3;7-9H,3-6H2,1-2H3. The average Bonchev–Trinajstić information content (AvgIpc) is 2.49. The lowest BCUT2D eigenvalue weighted by Crippen LogP contribution is -2.32. The summed E-state index contributed by atoms with van der Waals surface area (Å²) < 4.78 is 0. The van der Waals surface area contributed by atoms with Crippen LogP contribution in [0.2, 0.25) is 0 Å². The molecule has 0 bridgehead atoms. The molecule has 1 unspecified atom stereocenters. The van der Waals surface area contributed by atoms with E-state index in [1.807, 2.05) is 18.2 Å². The lowest BCUT2D eigenvalue weighted by atomic mass is 9.89. The molecule has 1 aliphatic rings. The van der Waals surface area contributed by atoms with Crippen LogP contribution in [-0.4, -0.2) is 18.0 Å². The predicted molar refractivity (Wildman–Crippen MR) is 93.5 cm³/mol. The van der Waals surface area contributed by atoms with E-state index in [-0.39, 0.29) is 0 Å². The third kappa shape index (κ3) is 7.16. The minimum absolute atomic E-state index is 0.873. The van der Waals surface area contributed by atoms with Crippen LogP contribution in [0.4, 0.5) is 0 Å². The first-order chi connectivity index (χ1) is 9.63. The maximum atomic E-state index is 5.14. The van der Waals surface area contributed by atoms with Crippen molar-refractivity contribution >= 4 is 17.1 Å². The van der Waals surface area contributed by atoms with E-state index in [0.29, 0.717) is 0 Å². The second-order valence-electron chi connectivity index (χ2n) is 5.91. The van der Waals surface area contributed by atoms with E-state index < -0.39 is 0 Å². The number of hydrogen-bond donors (Lipinski definition) is 1. The van der Waals surface area contributed by atoms with Crippen LogP contribution in [0.15, 0.2) is 30.3 Å². The van der Waals surface area contributed by atoms with Gasteiger partial charge in [-0.3, -0.25) is 0 Å². The van der Waals surface area contributed by atoms with Gasteiger partial charge in [-0.25, -0.2) is 0 Å². The van der Waals surface area contributed by atoms with Crippen molar-refractivity contribution in [1.29, 1.82) is 0 Å². The Balaban J connectivity index is 0.000000204. The van der Waals surface area contributed by atoms with Crippen LogP contribution in [0.5, 0.6) is 0 Å². The van der Waals surface area contributed by atoms with Gasteiger partial charge in [-0.1, -0.05) is 63.3 Å². The molecular formula is C18H29NS. The Bertz CT molecular complexity index is 366. The molecule has 1 heterocycles. The van der Waals surface area contributed by atoms with Crippen molar-refractivity contribution in [2.24, 2.45) is 11.8 Å². The fourth-order valence-electron chi connectivity index (χ4n) is 2.40. The largest absolute Gasteiger partial charge is 0.316 e. The molecule has 0 saturated carbocycles. The number of hydrogen-bond acceptors (Lipinski definition) is 2. The third-order valence-corrected chi connectivity index (χ3v) is 4.35. The molecule has 1 fully saturated rings. The van der Waals surface area contributed by atoms with Crippen LogP contribution in [0, 0.1) is 11.8 Å². The van der Waals surface area contributed by atoms with E-state index in [4.69, 9.17) is 12.2 Å². The molecule has 112 valence electrons. The highest BCUT2D eigenvalue weighted by atomic mass is 32.1. The van der Waals surface area contributed by atoms with Crippen molar-refractivity contribution < 1.29 is 0 Å². The second-order valence-corrected chi connectivity index (χ2v) is 6.48. The molecule has 1 saturated heterocycles. The molecule has 1 nitrogen and oxygen atoms in total. The van der Waals surface area contributed by atoms with Gasteiger partial charge in [0, 0.05) is 6.42 Å². The van der Waals surface area contributed by atoms with Crippen molar-refractivity contribution in [3.05, 3.63) is 35.9 Å². The molecule has 1 aromatic rings. The summed E-state index contributed by atoms with van der Waals surface area (Å²) in [5, 5.41) is 3.42. The first kappa shape index (κ1) is 17.3. The lowest BCUT2D eigenvalue weighted by Gasteiger charge is -2.25. The molecule has 2 heteroatoms. The number of rotatable bonds is 4. The Labute approximate surface area is 130 Å². The van der Waals surface area contributed by atoms with Gasteiger partial charge in [-0.2, -0.15) is 0 Å². The maximum Gasteiger partial charge on any atom is 0.00381 e. The van der Waals surface area contributed by atoms with Crippen molar-refractivity contribution in [2.45, 2.75) is 46.5 Å². The van der Waals surface area contributed by atoms with Crippen molar-refractivity contribution in [1.82, 2.24) is 5.32 Å². The zero-order valence-corrected chi connectivity index (χ0v) is 14.0. The normalized spacial score (nSPS) is 18.3. The Morgan fingerprint density at radius 3 is 2.45 bits per heavy atom. The van der Waals surface area contributed by atoms with Gasteiger partial charge in [0.25, 0.3) is 0 Å². The summed E-state index contributed by atoms with van der Waals surface area (Å²) in [5.41, 5.74) is 1.32. The summed E-state index contributed by atoms with van der Waals surface area (Å²) in [5.74, 6) is 1.82. The highest BCUT2D eigenvalue weighted by Crippen LogP contribution is 2.18. The highest BCUT2D eigenvalue weighted by molar-refractivity contribution is 7.80. The molecule has 1 aliphatic heterocycles. The van der Waals surface area contributed by atoms with Crippen molar-refractivity contribution in [3.8, 4) is 0 Å². The molecule has 1 N–H and O–H groups in total. The molecule has 0 spiro atoms. The molecule has 0 aliphatic carbocycles. The summed E-state index contributed by atoms with van der Waals surface area (Å²) in [6.07, 6.45) is 4.77. The highest BCUT2D eigenvalue weighted by Gasteiger charge is 2.15. The fraction of sp³-hybridized carbons (Fsp3) is 0.611. The lowest BCUT2D eigenvalue weighted by molar-refractivity contribution is 0.296. The summed E-state index contributed by atoms with van der Waals surface area (Å²) in [6, 6.07) is 10.4. The van der Waals surface area contributed by atoms with Gasteiger partial charge in [0.2, 0.25) is 0 Å². The summed E-state index contributed by atoms with van der Waals surface area (Å²) in [4.78, 5) is 1.14. The minimum atomic E-state index is 0.873. The van der Waals surface area contributed by atoms with E-state index in [1.54, 1.807) is 0 Å². The zero-order valence-electron chi connectivity index (χ0n) is 13.2. The monoisotopic (exact) mass is 291 g/mol. The predicted octanol–water partition coefficient (Wildman–Crippen LogP) is 4.65. The number of nitrogens with one attached hydrogen (secondary N) is 1. The van der Waals surface area contributed by atoms with Crippen LogP contribution >= 0.6 is 12.2 Å². The molecule has 0 amide bonds. The van der Waals surface area contributed by atoms with E-state index in [1.165, 1.54) is 31.5 Å². The molecular weight excluding hydrogens is 262 g/mol. The molecule has 2 rings (SSSR count). The van der Waals surface area contributed by atoms with Gasteiger partial charge in [0.05, 0.1) is 0 Å². The fourth-order valence-corrected chi connectivity index (χ4v) is 2.56. The van der Waals surface area contributed by atoms with Gasteiger partial charge < -0.3 is 5.32 Å². The van der Waals surface area contributed by atoms with Crippen LogP contribution in [0.25, 0.3) is 0 Å². The Morgan fingerprint density at radius 1 is 1.30 bits per heavy atom. The average molecular weight is 292 g/mol. The van der Waals surface area contributed by atoms with Gasteiger partial charge in [0.1, 0.15) is 0 Å². The van der Waals surface area contributed by atoms with Crippen molar-refractivity contribution in [2.75, 3.05) is 13.1 Å². The van der Waals surface area contributed by atoms with Crippen LogP contribution in [0.3, 0.4) is 0 Å². The number of piperidine rings is 1. The molecule has 0 aromatic heterocycles. The van der Waals surface area contributed by atoms with Crippen molar-refractivity contribution in [3.63, 3.8) is 0 Å². The first-order valence-corrected chi connectivity index (χ1v) is 8.30. The molecule has 20 heavy (non-hydrogen) atoms. The topological polar surface area (TPSA) is 12.0 Å². The van der Waals surface area contributed by atoms with Gasteiger partial charge in [-0.15, -0.1) is 0 Å². The first-order valence-electron chi connectivity index (χ1n) is 7.89. The maximum absolute atomic E-state index is 5.14. The quantitative estimate of drug-likeness (QED) is 0.810. The van der Waals surface area contributed by atoms with E-state index >= 15 is 0 Å². The molecule has 1 atom stereocenters. The third-order valence-electron chi connectivity index (χ3n) is 3.92. The number of benzene rings is 1. The summed E-state index contributed by atoms with van der Waals surface area (Å²) in [6.45, 7) is 9.22. The van der Waals surface area contributed by atoms with Gasteiger partial charge in [-0.05, 0) is 54.6 Å². The second kappa shape index (κ2) is 10.1. The van der Waals surface area contributed by atoms with Gasteiger partial charge >= 0.3 is 0 Å². The van der Waals surface area contributed by atoms with Crippen LogP contribution in [0.1, 0.15) is 45.6 Å². The van der Waals surface area contributed by atoms with E-state index in [9.17, 15) is 0 Å². The molecule has 1 aromatic carbocycles. The number of thiocarbonyl (C=S) groups is 1. The Morgan fingerprint density at radius 2 is 2.00 bits per heavy atom.